The molecule has 0 radical (unpaired) electrons. The van der Waals surface area contributed by atoms with Crippen molar-refractivity contribution in [3.8, 4) is 22.5 Å². The van der Waals surface area contributed by atoms with E-state index in [-0.39, 0.29) is 0 Å². The largest absolute Gasteiger partial charge is 0.416 e. The van der Waals surface area contributed by atoms with Crippen molar-refractivity contribution in [1.82, 2.24) is 15.0 Å². The number of benzene rings is 2. The highest BCUT2D eigenvalue weighted by Crippen LogP contribution is 2.34. The predicted octanol–water partition coefficient (Wildman–Crippen LogP) is 5.62. The smallest absolute Gasteiger partial charge is 0.351 e. The van der Waals surface area contributed by atoms with Gasteiger partial charge >= 0.3 is 6.18 Å². The lowest BCUT2D eigenvalue weighted by Crippen LogP contribution is -2.05. The summed E-state index contributed by atoms with van der Waals surface area (Å²) in [6.07, 6.45) is -4.40. The summed E-state index contributed by atoms with van der Waals surface area (Å²) in [6.45, 7) is 1.73. The van der Waals surface area contributed by atoms with E-state index in [9.17, 15) is 13.2 Å². The van der Waals surface area contributed by atoms with Crippen LogP contribution in [0, 0.1) is 6.92 Å². The highest BCUT2D eigenvalue weighted by molar-refractivity contribution is 5.93. The minimum atomic E-state index is -4.40. The van der Waals surface area contributed by atoms with Gasteiger partial charge in [0.25, 0.3) is 0 Å². The third-order valence-electron chi connectivity index (χ3n) is 4.14. The Morgan fingerprint density at radius 3 is 2.31 bits per heavy atom. The molecule has 2 heterocycles. The van der Waals surface area contributed by atoms with E-state index in [2.05, 4.69) is 15.0 Å². The molecule has 3 nitrogen and oxygen atoms in total. The summed E-state index contributed by atoms with van der Waals surface area (Å²) < 4.78 is 39.2. The summed E-state index contributed by atoms with van der Waals surface area (Å²) in [4.78, 5) is 12.1. The first-order valence-corrected chi connectivity index (χ1v) is 8.02. The molecule has 2 aromatic carbocycles. The molecule has 6 heteroatoms. The number of nitrogens with zero attached hydrogens (tertiary/aromatic N) is 2. The second-order valence-electron chi connectivity index (χ2n) is 6.01. The number of hydrogen-bond donors (Lipinski definition) is 1. The molecule has 0 amide bonds. The van der Waals surface area contributed by atoms with E-state index in [1.165, 1.54) is 6.07 Å². The van der Waals surface area contributed by atoms with Crippen LogP contribution < -0.4 is 0 Å². The van der Waals surface area contributed by atoms with Gasteiger partial charge in [-0.1, -0.05) is 42.5 Å². The van der Waals surface area contributed by atoms with Gasteiger partial charge in [0.2, 0.25) is 0 Å². The molecule has 0 bridgehead atoms. The van der Waals surface area contributed by atoms with Gasteiger partial charge in [0.1, 0.15) is 5.82 Å². The molecule has 1 N–H and O–H groups in total. The van der Waals surface area contributed by atoms with E-state index in [0.29, 0.717) is 28.1 Å². The van der Waals surface area contributed by atoms with Crippen LogP contribution in [-0.4, -0.2) is 15.0 Å². The number of alkyl halides is 3. The fourth-order valence-corrected chi connectivity index (χ4v) is 2.95. The number of fused-ring (bicyclic) bond motifs is 1. The molecule has 4 aromatic rings. The maximum atomic E-state index is 13.1. The van der Waals surface area contributed by atoms with Crippen molar-refractivity contribution < 1.29 is 13.2 Å². The lowest BCUT2D eigenvalue weighted by atomic mass is 10.1. The van der Waals surface area contributed by atoms with Crippen molar-refractivity contribution in [2.24, 2.45) is 0 Å². The average Bonchev–Trinajstić information content (AvgIpc) is 3.05. The van der Waals surface area contributed by atoms with Gasteiger partial charge in [-0.05, 0) is 30.7 Å². The quantitative estimate of drug-likeness (QED) is 0.508. The Hall–Kier alpha value is -3.15. The first kappa shape index (κ1) is 16.3. The van der Waals surface area contributed by atoms with E-state index >= 15 is 0 Å². The SMILES string of the molecule is Cc1nc(-c2cccc(C(F)(F)F)c2)c2[nH]c(-c3ccccc3)cc2n1. The Balaban J connectivity index is 1.92. The lowest BCUT2D eigenvalue weighted by molar-refractivity contribution is -0.137. The van der Waals surface area contributed by atoms with E-state index in [4.69, 9.17) is 0 Å². The van der Waals surface area contributed by atoms with E-state index in [0.717, 1.165) is 23.4 Å². The van der Waals surface area contributed by atoms with E-state index in [1.54, 1.807) is 13.0 Å². The van der Waals surface area contributed by atoms with Crippen LogP contribution >= 0.6 is 0 Å². The monoisotopic (exact) mass is 353 g/mol. The summed E-state index contributed by atoms with van der Waals surface area (Å²) in [5.74, 6) is 0.503. The first-order valence-electron chi connectivity index (χ1n) is 8.02. The minimum absolute atomic E-state index is 0.400. The van der Waals surface area contributed by atoms with Gasteiger partial charge in [-0.3, -0.25) is 0 Å². The topological polar surface area (TPSA) is 41.6 Å². The van der Waals surface area contributed by atoms with Gasteiger partial charge in [-0.25, -0.2) is 9.97 Å². The summed E-state index contributed by atoms with van der Waals surface area (Å²) >= 11 is 0. The van der Waals surface area contributed by atoms with Crippen molar-refractivity contribution in [1.29, 1.82) is 0 Å². The maximum Gasteiger partial charge on any atom is 0.416 e. The molecule has 0 atom stereocenters. The fourth-order valence-electron chi connectivity index (χ4n) is 2.95. The molecule has 130 valence electrons. The van der Waals surface area contributed by atoms with Gasteiger partial charge < -0.3 is 4.98 Å². The van der Waals surface area contributed by atoms with E-state index in [1.807, 2.05) is 36.4 Å². The molecule has 0 aliphatic heterocycles. The number of hydrogen-bond acceptors (Lipinski definition) is 2. The van der Waals surface area contributed by atoms with Crippen molar-refractivity contribution in [3.63, 3.8) is 0 Å². The normalized spacial score (nSPS) is 11.8. The van der Waals surface area contributed by atoms with Crippen molar-refractivity contribution in [3.05, 3.63) is 72.1 Å². The highest BCUT2D eigenvalue weighted by atomic mass is 19.4. The second kappa shape index (κ2) is 5.98. The Bertz CT molecular complexity index is 1080. The van der Waals surface area contributed by atoms with Crippen LogP contribution in [-0.2, 0) is 6.18 Å². The van der Waals surface area contributed by atoms with Crippen molar-refractivity contribution >= 4 is 11.0 Å². The molecule has 0 saturated heterocycles. The molecular formula is C20H14F3N3. The van der Waals surface area contributed by atoms with Crippen LogP contribution in [0.2, 0.25) is 0 Å². The second-order valence-corrected chi connectivity index (χ2v) is 6.01. The molecule has 0 fully saturated rings. The highest BCUT2D eigenvalue weighted by Gasteiger charge is 2.30. The van der Waals surface area contributed by atoms with Gasteiger partial charge in [-0.2, -0.15) is 13.2 Å². The Kier molecular flexibility index (Phi) is 3.76. The Morgan fingerprint density at radius 2 is 1.58 bits per heavy atom. The molecule has 0 saturated carbocycles. The van der Waals surface area contributed by atoms with Crippen LogP contribution in [0.15, 0.2) is 60.7 Å². The maximum absolute atomic E-state index is 13.1. The predicted molar refractivity (Wildman–Crippen MR) is 94.5 cm³/mol. The number of aromatic amines is 1. The van der Waals surface area contributed by atoms with Crippen LogP contribution in [0.1, 0.15) is 11.4 Å². The van der Waals surface area contributed by atoms with E-state index < -0.39 is 11.7 Å². The zero-order chi connectivity index (χ0) is 18.3. The molecule has 2 aromatic heterocycles. The van der Waals surface area contributed by atoms with Crippen LogP contribution in [0.5, 0.6) is 0 Å². The number of H-pyrrole nitrogens is 1. The number of nitrogens with one attached hydrogen (secondary N) is 1. The summed E-state index contributed by atoms with van der Waals surface area (Å²) in [5, 5.41) is 0. The molecule has 0 unspecified atom stereocenters. The van der Waals surface area contributed by atoms with Crippen LogP contribution in [0.3, 0.4) is 0 Å². The molecule has 26 heavy (non-hydrogen) atoms. The fraction of sp³-hybridized carbons (Fsp3) is 0.100. The lowest BCUT2D eigenvalue weighted by Gasteiger charge is -2.09. The Morgan fingerprint density at radius 1 is 0.846 bits per heavy atom. The van der Waals surface area contributed by atoms with Gasteiger partial charge in [-0.15, -0.1) is 0 Å². The first-order chi connectivity index (χ1) is 12.4. The minimum Gasteiger partial charge on any atom is -0.351 e. The zero-order valence-electron chi connectivity index (χ0n) is 13.8. The molecular weight excluding hydrogens is 339 g/mol. The van der Waals surface area contributed by atoms with Crippen molar-refractivity contribution in [2.75, 3.05) is 0 Å². The zero-order valence-corrected chi connectivity index (χ0v) is 13.8. The molecule has 0 aliphatic rings. The third-order valence-corrected chi connectivity index (χ3v) is 4.14. The summed E-state index contributed by atoms with van der Waals surface area (Å²) in [7, 11) is 0. The number of rotatable bonds is 2. The van der Waals surface area contributed by atoms with Crippen molar-refractivity contribution in [2.45, 2.75) is 13.1 Å². The standard InChI is InChI=1S/C20H14F3N3/c1-12-24-17-11-16(13-6-3-2-4-7-13)26-19(17)18(25-12)14-8-5-9-15(10-14)20(21,22)23/h2-11,26H,1H3. The van der Waals surface area contributed by atoms with Crippen LogP contribution in [0.25, 0.3) is 33.5 Å². The van der Waals surface area contributed by atoms with Gasteiger partial charge in [0.05, 0.1) is 22.3 Å². The summed E-state index contributed by atoms with van der Waals surface area (Å²) in [6, 6.07) is 16.7. The molecule has 0 aliphatic carbocycles. The number of halogens is 3. The van der Waals surface area contributed by atoms with Crippen LogP contribution in [0.4, 0.5) is 13.2 Å². The van der Waals surface area contributed by atoms with Gasteiger partial charge in [0, 0.05) is 11.3 Å². The Labute approximate surface area is 147 Å². The average molecular weight is 353 g/mol. The number of aryl methyl sites for hydroxylation is 1. The molecule has 4 rings (SSSR count). The summed E-state index contributed by atoms with van der Waals surface area (Å²) in [5.41, 5.74) is 3.26. The van der Waals surface area contributed by atoms with Gasteiger partial charge in [0.15, 0.2) is 0 Å². The third kappa shape index (κ3) is 2.94. The number of aromatic nitrogens is 3. The molecule has 0 spiro atoms.